The topological polar surface area (TPSA) is 0 Å². The van der Waals surface area contributed by atoms with Crippen LogP contribution in [0.4, 0.5) is 0 Å². The first-order chi connectivity index (χ1) is 4.47. The minimum absolute atomic E-state index is 1.31. The lowest BCUT2D eigenvalue weighted by molar-refractivity contribution is 0.803. The van der Waals surface area contributed by atoms with E-state index in [9.17, 15) is 0 Å². The molecule has 0 aromatic rings. The molecule has 0 saturated heterocycles. The molecule has 2 aliphatic rings. The predicted molar refractivity (Wildman–Crippen MR) is 39.0 cm³/mol. The second-order valence-corrected chi connectivity index (χ2v) is 3.09. The molecule has 0 aromatic heterocycles. The summed E-state index contributed by atoms with van der Waals surface area (Å²) in [6.45, 7) is 0. The maximum absolute atomic E-state index is 2.43. The minimum atomic E-state index is 1.31. The van der Waals surface area contributed by atoms with E-state index in [0.29, 0.717) is 0 Å². The Kier molecular flexibility index (Phi) is 1.33. The van der Waals surface area contributed by atoms with Crippen LogP contribution in [0.3, 0.4) is 0 Å². The van der Waals surface area contributed by atoms with Crippen LogP contribution in [0.2, 0.25) is 0 Å². The Hall–Kier alpha value is -0.260. The van der Waals surface area contributed by atoms with Crippen LogP contribution in [0.1, 0.15) is 38.5 Å². The Balaban J connectivity index is 2.17. The van der Waals surface area contributed by atoms with Crippen molar-refractivity contribution in [1.82, 2.24) is 0 Å². The van der Waals surface area contributed by atoms with Gasteiger partial charge in [0.25, 0.3) is 0 Å². The van der Waals surface area contributed by atoms with Crippen molar-refractivity contribution in [2.45, 2.75) is 38.5 Å². The lowest BCUT2D eigenvalue weighted by Crippen LogP contribution is -1.93. The maximum atomic E-state index is 2.43. The van der Waals surface area contributed by atoms with Gasteiger partial charge in [-0.15, -0.1) is 0 Å². The van der Waals surface area contributed by atoms with Gasteiger partial charge in [0.15, 0.2) is 0 Å². The van der Waals surface area contributed by atoms with Crippen molar-refractivity contribution in [3.05, 3.63) is 17.6 Å². The van der Waals surface area contributed by atoms with E-state index in [1.165, 1.54) is 38.5 Å². The first-order valence-corrected chi connectivity index (χ1v) is 3.98. The van der Waals surface area contributed by atoms with Crippen LogP contribution in [0, 0.1) is 6.42 Å². The summed E-state index contributed by atoms with van der Waals surface area (Å²) in [6, 6.07) is 0. The molecule has 2 rings (SSSR count). The molecule has 0 heteroatoms. The summed E-state index contributed by atoms with van der Waals surface area (Å²) < 4.78 is 0. The number of allylic oxidation sites excluding steroid dienone is 2. The van der Waals surface area contributed by atoms with E-state index in [-0.39, 0.29) is 0 Å². The molecule has 2 aliphatic carbocycles. The SMILES string of the molecule is [CH]1CCC2=C(C1)CCC2. The molecule has 0 spiro atoms. The zero-order valence-corrected chi connectivity index (χ0v) is 5.82. The number of rotatable bonds is 0. The van der Waals surface area contributed by atoms with E-state index in [1.54, 1.807) is 11.1 Å². The molecule has 0 nitrogen and oxygen atoms in total. The molecule has 0 aromatic carbocycles. The average molecular weight is 121 g/mol. The van der Waals surface area contributed by atoms with Gasteiger partial charge in [0, 0.05) is 0 Å². The van der Waals surface area contributed by atoms with Crippen molar-refractivity contribution in [2.24, 2.45) is 0 Å². The highest BCUT2D eigenvalue weighted by atomic mass is 14.2. The highest BCUT2D eigenvalue weighted by molar-refractivity contribution is 5.23. The monoisotopic (exact) mass is 121 g/mol. The van der Waals surface area contributed by atoms with Gasteiger partial charge in [0.2, 0.25) is 0 Å². The number of hydrogen-bond donors (Lipinski definition) is 0. The molecular weight excluding hydrogens is 108 g/mol. The zero-order chi connectivity index (χ0) is 6.10. The second-order valence-electron chi connectivity index (χ2n) is 3.09. The summed E-state index contributed by atoms with van der Waals surface area (Å²) in [5.41, 5.74) is 3.58. The largest absolute Gasteiger partial charge is 0.0710 e. The predicted octanol–water partition coefficient (Wildman–Crippen LogP) is 2.86. The van der Waals surface area contributed by atoms with E-state index in [1.807, 2.05) is 0 Å². The van der Waals surface area contributed by atoms with Crippen LogP contribution >= 0.6 is 0 Å². The smallest absolute Gasteiger partial charge is 0.0286 e. The molecule has 0 aliphatic heterocycles. The van der Waals surface area contributed by atoms with Gasteiger partial charge < -0.3 is 0 Å². The van der Waals surface area contributed by atoms with Crippen LogP contribution in [-0.4, -0.2) is 0 Å². The van der Waals surface area contributed by atoms with E-state index in [4.69, 9.17) is 0 Å². The van der Waals surface area contributed by atoms with Gasteiger partial charge in [-0.3, -0.25) is 0 Å². The van der Waals surface area contributed by atoms with Gasteiger partial charge in [-0.25, -0.2) is 0 Å². The fourth-order valence-corrected chi connectivity index (χ4v) is 1.97. The Morgan fingerprint density at radius 1 is 1.00 bits per heavy atom. The summed E-state index contributed by atoms with van der Waals surface area (Å²) >= 11 is 0. The Labute approximate surface area is 57.0 Å². The first-order valence-electron chi connectivity index (χ1n) is 3.98. The average Bonchev–Trinajstić information content (AvgIpc) is 2.33. The molecular formula is C9H13. The highest BCUT2D eigenvalue weighted by Crippen LogP contribution is 2.35. The molecule has 9 heavy (non-hydrogen) atoms. The van der Waals surface area contributed by atoms with Gasteiger partial charge in [0.1, 0.15) is 0 Å². The summed E-state index contributed by atoms with van der Waals surface area (Å²) in [6.07, 6.45) is 10.8. The summed E-state index contributed by atoms with van der Waals surface area (Å²) in [4.78, 5) is 0. The third-order valence-electron chi connectivity index (χ3n) is 2.50. The van der Waals surface area contributed by atoms with Gasteiger partial charge >= 0.3 is 0 Å². The Bertz CT molecular complexity index is 126. The van der Waals surface area contributed by atoms with Gasteiger partial charge in [0.05, 0.1) is 0 Å². The van der Waals surface area contributed by atoms with Gasteiger partial charge in [-0.2, -0.15) is 0 Å². The fraction of sp³-hybridized carbons (Fsp3) is 0.667. The highest BCUT2D eigenvalue weighted by Gasteiger charge is 2.16. The molecule has 0 saturated carbocycles. The van der Waals surface area contributed by atoms with Crippen LogP contribution in [0.25, 0.3) is 0 Å². The van der Waals surface area contributed by atoms with Crippen molar-refractivity contribution in [1.29, 1.82) is 0 Å². The van der Waals surface area contributed by atoms with E-state index < -0.39 is 0 Å². The lowest BCUT2D eigenvalue weighted by Gasteiger charge is -2.12. The second kappa shape index (κ2) is 2.17. The Morgan fingerprint density at radius 3 is 2.78 bits per heavy atom. The number of hydrogen-bond acceptors (Lipinski definition) is 0. The van der Waals surface area contributed by atoms with Crippen molar-refractivity contribution < 1.29 is 0 Å². The normalized spacial score (nSPS) is 26.7. The van der Waals surface area contributed by atoms with E-state index in [2.05, 4.69) is 6.42 Å². The summed E-state index contributed by atoms with van der Waals surface area (Å²) in [5.74, 6) is 0. The molecule has 0 unspecified atom stereocenters. The van der Waals surface area contributed by atoms with Crippen LogP contribution in [0.15, 0.2) is 11.1 Å². The maximum Gasteiger partial charge on any atom is -0.0286 e. The summed E-state index contributed by atoms with van der Waals surface area (Å²) in [5, 5.41) is 0. The van der Waals surface area contributed by atoms with Gasteiger partial charge in [-0.1, -0.05) is 11.1 Å². The molecule has 0 atom stereocenters. The standard InChI is InChI=1S/C9H13/c1-2-5-9-7-3-6-8(9)4-1/h1H,2-7H2. The van der Waals surface area contributed by atoms with Crippen molar-refractivity contribution in [2.75, 3.05) is 0 Å². The molecule has 0 fully saturated rings. The fourth-order valence-electron chi connectivity index (χ4n) is 1.97. The molecule has 49 valence electrons. The molecule has 0 bridgehead atoms. The van der Waals surface area contributed by atoms with E-state index in [0.717, 1.165) is 0 Å². The summed E-state index contributed by atoms with van der Waals surface area (Å²) in [7, 11) is 0. The molecule has 0 N–H and O–H groups in total. The first kappa shape index (κ1) is 5.52. The Morgan fingerprint density at radius 2 is 1.89 bits per heavy atom. The lowest BCUT2D eigenvalue weighted by atomic mass is 9.94. The molecule has 0 amide bonds. The zero-order valence-electron chi connectivity index (χ0n) is 5.82. The van der Waals surface area contributed by atoms with Crippen molar-refractivity contribution in [3.8, 4) is 0 Å². The van der Waals surface area contributed by atoms with Crippen LogP contribution in [0.5, 0.6) is 0 Å². The van der Waals surface area contributed by atoms with Crippen molar-refractivity contribution >= 4 is 0 Å². The third kappa shape index (κ3) is 0.910. The van der Waals surface area contributed by atoms with Crippen LogP contribution < -0.4 is 0 Å². The van der Waals surface area contributed by atoms with E-state index >= 15 is 0 Å². The molecule has 0 heterocycles. The molecule has 1 radical (unpaired) electrons. The van der Waals surface area contributed by atoms with Crippen molar-refractivity contribution in [3.63, 3.8) is 0 Å². The minimum Gasteiger partial charge on any atom is -0.0710 e. The van der Waals surface area contributed by atoms with Gasteiger partial charge in [-0.05, 0) is 44.9 Å². The quantitative estimate of drug-likeness (QED) is 0.432. The third-order valence-corrected chi connectivity index (χ3v) is 2.50. The van der Waals surface area contributed by atoms with Crippen LogP contribution in [-0.2, 0) is 0 Å².